The Hall–Kier alpha value is -1.95. The first-order chi connectivity index (χ1) is 10.5. The lowest BCUT2D eigenvalue weighted by Gasteiger charge is -2.22. The number of hydrogen-bond acceptors (Lipinski definition) is 3. The summed E-state index contributed by atoms with van der Waals surface area (Å²) in [6.45, 7) is 0.869. The molecule has 0 radical (unpaired) electrons. The topological polar surface area (TPSA) is 84.2 Å². The minimum atomic E-state index is -0.717. The third kappa shape index (κ3) is 4.27. The molecule has 0 aliphatic heterocycles. The van der Waals surface area contributed by atoms with Crippen molar-refractivity contribution < 1.29 is 14.0 Å². The van der Waals surface area contributed by atoms with Crippen molar-refractivity contribution in [2.24, 2.45) is 5.73 Å². The van der Waals surface area contributed by atoms with Crippen LogP contribution in [0.15, 0.2) is 24.3 Å². The molecule has 1 fully saturated rings. The highest BCUT2D eigenvalue weighted by atomic mass is 19.1. The van der Waals surface area contributed by atoms with Gasteiger partial charge in [-0.2, -0.15) is 0 Å². The van der Waals surface area contributed by atoms with E-state index < -0.39 is 11.4 Å². The zero-order valence-electron chi connectivity index (χ0n) is 12.5. The highest BCUT2D eigenvalue weighted by molar-refractivity contribution is 5.94. The van der Waals surface area contributed by atoms with Gasteiger partial charge in [0.25, 0.3) is 5.91 Å². The van der Waals surface area contributed by atoms with Gasteiger partial charge >= 0.3 is 0 Å². The summed E-state index contributed by atoms with van der Waals surface area (Å²) in [4.78, 5) is 23.7. The number of benzene rings is 1. The average molecular weight is 307 g/mol. The van der Waals surface area contributed by atoms with E-state index in [4.69, 9.17) is 5.73 Å². The second-order valence-electron chi connectivity index (χ2n) is 5.74. The van der Waals surface area contributed by atoms with E-state index in [1.54, 1.807) is 6.07 Å². The van der Waals surface area contributed by atoms with Crippen molar-refractivity contribution in [3.05, 3.63) is 35.6 Å². The Labute approximate surface area is 129 Å². The van der Waals surface area contributed by atoms with Crippen molar-refractivity contribution in [2.75, 3.05) is 13.1 Å². The molecule has 2 amide bonds. The second kappa shape index (κ2) is 7.35. The molecule has 22 heavy (non-hydrogen) atoms. The van der Waals surface area contributed by atoms with Crippen LogP contribution in [0.25, 0.3) is 0 Å². The molecule has 0 spiro atoms. The van der Waals surface area contributed by atoms with E-state index in [0.29, 0.717) is 19.5 Å². The van der Waals surface area contributed by atoms with Gasteiger partial charge in [0, 0.05) is 18.7 Å². The number of rotatable bonds is 6. The Kier molecular flexibility index (Phi) is 5.49. The van der Waals surface area contributed by atoms with E-state index in [1.807, 2.05) is 0 Å². The lowest BCUT2D eigenvalue weighted by molar-refractivity contribution is -0.126. The fourth-order valence-electron chi connectivity index (χ4n) is 2.63. The van der Waals surface area contributed by atoms with Gasteiger partial charge in [-0.05, 0) is 37.5 Å². The van der Waals surface area contributed by atoms with Gasteiger partial charge in [-0.25, -0.2) is 4.39 Å². The Bertz CT molecular complexity index is 542. The zero-order valence-corrected chi connectivity index (χ0v) is 12.5. The molecule has 0 bridgehead atoms. The Morgan fingerprint density at radius 2 is 1.86 bits per heavy atom. The van der Waals surface area contributed by atoms with E-state index in [9.17, 15) is 14.0 Å². The summed E-state index contributed by atoms with van der Waals surface area (Å²) in [5, 5.41) is 5.50. The molecule has 0 aromatic heterocycles. The van der Waals surface area contributed by atoms with E-state index in [2.05, 4.69) is 10.6 Å². The minimum absolute atomic E-state index is 0.110. The summed E-state index contributed by atoms with van der Waals surface area (Å²) in [5.74, 6) is -0.872. The molecule has 120 valence electrons. The maximum absolute atomic E-state index is 13.0. The monoisotopic (exact) mass is 307 g/mol. The zero-order chi connectivity index (χ0) is 16.0. The molecule has 5 nitrogen and oxygen atoms in total. The molecule has 0 saturated heterocycles. The van der Waals surface area contributed by atoms with E-state index >= 15 is 0 Å². The molecule has 0 heterocycles. The molecular weight excluding hydrogens is 285 g/mol. The smallest absolute Gasteiger partial charge is 0.251 e. The lowest BCUT2D eigenvalue weighted by Crippen LogP contribution is -2.52. The second-order valence-corrected chi connectivity index (χ2v) is 5.74. The molecule has 1 saturated carbocycles. The standard InChI is InChI=1S/C16H22FN3O2/c17-13-6-3-5-12(11-13)14(21)19-9-4-10-20-15(22)16(18)7-1-2-8-16/h3,5-6,11H,1-2,4,7-10,18H2,(H,19,21)(H,20,22). The van der Waals surface area contributed by atoms with Crippen LogP contribution in [0.2, 0.25) is 0 Å². The Balaban J connectivity index is 1.65. The van der Waals surface area contributed by atoms with E-state index in [0.717, 1.165) is 25.7 Å². The predicted molar refractivity (Wildman–Crippen MR) is 81.7 cm³/mol. The fraction of sp³-hybridized carbons (Fsp3) is 0.500. The summed E-state index contributed by atoms with van der Waals surface area (Å²) >= 11 is 0. The maximum atomic E-state index is 13.0. The number of carbonyl (C=O) groups is 2. The van der Waals surface area contributed by atoms with Crippen LogP contribution < -0.4 is 16.4 Å². The van der Waals surface area contributed by atoms with Gasteiger partial charge in [0.15, 0.2) is 0 Å². The van der Waals surface area contributed by atoms with E-state index in [-0.39, 0.29) is 17.4 Å². The molecule has 1 aliphatic carbocycles. The summed E-state index contributed by atoms with van der Waals surface area (Å²) in [5.41, 5.74) is 5.61. The summed E-state index contributed by atoms with van der Waals surface area (Å²) in [7, 11) is 0. The third-order valence-corrected chi connectivity index (χ3v) is 3.96. The van der Waals surface area contributed by atoms with Gasteiger partial charge in [0.2, 0.25) is 5.91 Å². The van der Waals surface area contributed by atoms with Crippen molar-refractivity contribution in [3.63, 3.8) is 0 Å². The van der Waals surface area contributed by atoms with Crippen molar-refractivity contribution in [3.8, 4) is 0 Å². The molecule has 4 N–H and O–H groups in total. The number of hydrogen-bond donors (Lipinski definition) is 3. The quantitative estimate of drug-likeness (QED) is 0.693. The third-order valence-electron chi connectivity index (χ3n) is 3.96. The van der Waals surface area contributed by atoms with Gasteiger partial charge in [-0.3, -0.25) is 9.59 Å². The van der Waals surface area contributed by atoms with Gasteiger partial charge < -0.3 is 16.4 Å². The summed E-state index contributed by atoms with van der Waals surface area (Å²) in [6.07, 6.45) is 4.05. The van der Waals surface area contributed by atoms with Gasteiger partial charge in [0.05, 0.1) is 5.54 Å². The Morgan fingerprint density at radius 1 is 1.18 bits per heavy atom. The number of nitrogens with two attached hydrogens (primary N) is 1. The number of carbonyl (C=O) groups excluding carboxylic acids is 2. The average Bonchev–Trinajstić information content (AvgIpc) is 2.94. The number of halogens is 1. The number of nitrogens with one attached hydrogen (secondary N) is 2. The van der Waals surface area contributed by atoms with Crippen LogP contribution in [0.1, 0.15) is 42.5 Å². The van der Waals surface area contributed by atoms with Crippen LogP contribution in [0.3, 0.4) is 0 Å². The summed E-state index contributed by atoms with van der Waals surface area (Å²) in [6, 6.07) is 5.53. The van der Waals surface area contributed by atoms with Gasteiger partial charge in [-0.1, -0.05) is 18.9 Å². The van der Waals surface area contributed by atoms with Crippen LogP contribution in [-0.2, 0) is 4.79 Å². The van der Waals surface area contributed by atoms with E-state index in [1.165, 1.54) is 18.2 Å². The van der Waals surface area contributed by atoms with Crippen molar-refractivity contribution >= 4 is 11.8 Å². The predicted octanol–water partition coefficient (Wildman–Crippen LogP) is 1.33. The Morgan fingerprint density at radius 3 is 2.55 bits per heavy atom. The minimum Gasteiger partial charge on any atom is -0.354 e. The maximum Gasteiger partial charge on any atom is 0.251 e. The first-order valence-electron chi connectivity index (χ1n) is 7.62. The number of amides is 2. The van der Waals surface area contributed by atoms with Crippen LogP contribution in [-0.4, -0.2) is 30.4 Å². The normalized spacial score (nSPS) is 16.3. The molecule has 1 aliphatic rings. The molecule has 0 atom stereocenters. The van der Waals surface area contributed by atoms with Gasteiger partial charge in [-0.15, -0.1) is 0 Å². The van der Waals surface area contributed by atoms with Crippen molar-refractivity contribution in [2.45, 2.75) is 37.6 Å². The molecule has 1 aromatic carbocycles. The van der Waals surface area contributed by atoms with Gasteiger partial charge in [0.1, 0.15) is 5.82 Å². The highest BCUT2D eigenvalue weighted by Crippen LogP contribution is 2.27. The molecular formula is C16H22FN3O2. The highest BCUT2D eigenvalue weighted by Gasteiger charge is 2.36. The van der Waals surface area contributed by atoms with Crippen LogP contribution in [0, 0.1) is 5.82 Å². The van der Waals surface area contributed by atoms with Crippen LogP contribution in [0.5, 0.6) is 0 Å². The van der Waals surface area contributed by atoms with Crippen LogP contribution >= 0.6 is 0 Å². The van der Waals surface area contributed by atoms with Crippen LogP contribution in [0.4, 0.5) is 4.39 Å². The first-order valence-corrected chi connectivity index (χ1v) is 7.62. The molecule has 1 aromatic rings. The molecule has 2 rings (SSSR count). The largest absolute Gasteiger partial charge is 0.354 e. The molecule has 6 heteroatoms. The lowest BCUT2D eigenvalue weighted by atomic mass is 9.98. The first kappa shape index (κ1) is 16.4. The molecule has 0 unspecified atom stereocenters. The van der Waals surface area contributed by atoms with Crippen molar-refractivity contribution in [1.82, 2.24) is 10.6 Å². The van der Waals surface area contributed by atoms with Crippen molar-refractivity contribution in [1.29, 1.82) is 0 Å². The fourth-order valence-corrected chi connectivity index (χ4v) is 2.63. The summed E-state index contributed by atoms with van der Waals surface area (Å²) < 4.78 is 13.0. The SMILES string of the molecule is NC1(C(=O)NCCCNC(=O)c2cccc(F)c2)CCCC1.